The third-order valence-corrected chi connectivity index (χ3v) is 5.42. The van der Waals surface area contributed by atoms with E-state index >= 15 is 0 Å². The third kappa shape index (κ3) is 4.10. The van der Waals surface area contributed by atoms with Crippen LogP contribution in [-0.2, 0) is 17.9 Å². The largest absolute Gasteiger partial charge is 0.374 e. The topological polar surface area (TPSA) is 36.9 Å². The maximum absolute atomic E-state index is 5.65. The van der Waals surface area contributed by atoms with Gasteiger partial charge in [-0.25, -0.2) is 0 Å². The molecule has 0 amide bonds. The molecule has 132 valence electrons. The molecule has 1 aromatic carbocycles. The van der Waals surface area contributed by atoms with E-state index in [0.717, 1.165) is 19.0 Å². The van der Waals surface area contributed by atoms with Crippen LogP contribution in [0, 0.1) is 5.41 Å². The van der Waals surface area contributed by atoms with Crippen molar-refractivity contribution in [2.45, 2.75) is 58.8 Å². The fourth-order valence-electron chi connectivity index (χ4n) is 3.73. The Bertz CT molecular complexity index is 561. The van der Waals surface area contributed by atoms with Gasteiger partial charge in [-0.1, -0.05) is 30.7 Å². The van der Waals surface area contributed by atoms with Gasteiger partial charge in [-0.2, -0.15) is 0 Å². The van der Waals surface area contributed by atoms with Crippen molar-refractivity contribution in [2.24, 2.45) is 10.4 Å². The van der Waals surface area contributed by atoms with Crippen LogP contribution in [0.5, 0.6) is 0 Å². The summed E-state index contributed by atoms with van der Waals surface area (Å²) in [6.07, 6.45) is 5.82. The summed E-state index contributed by atoms with van der Waals surface area (Å²) < 4.78 is 5.65. The van der Waals surface area contributed by atoms with Crippen LogP contribution in [0.2, 0.25) is 0 Å². The monoisotopic (exact) mass is 329 g/mol. The van der Waals surface area contributed by atoms with Gasteiger partial charge in [-0.15, -0.1) is 0 Å². The first-order chi connectivity index (χ1) is 11.6. The molecular formula is C20H31N3O. The molecule has 0 aromatic heterocycles. The molecule has 1 aromatic rings. The highest BCUT2D eigenvalue weighted by molar-refractivity contribution is 5.80. The lowest BCUT2D eigenvalue weighted by atomic mass is 9.68. The number of hydrogen-bond acceptors (Lipinski definition) is 2. The lowest BCUT2D eigenvalue weighted by Crippen LogP contribution is -2.42. The average Bonchev–Trinajstić information content (AvgIpc) is 3.00. The Balaban J connectivity index is 1.49. The van der Waals surface area contributed by atoms with Gasteiger partial charge < -0.3 is 15.0 Å². The molecule has 0 radical (unpaired) electrons. The van der Waals surface area contributed by atoms with Crippen LogP contribution in [0.3, 0.4) is 0 Å². The van der Waals surface area contributed by atoms with Crippen LogP contribution in [0.25, 0.3) is 0 Å². The van der Waals surface area contributed by atoms with Gasteiger partial charge in [0.15, 0.2) is 5.96 Å². The number of guanidine groups is 1. The summed E-state index contributed by atoms with van der Waals surface area (Å²) in [5, 5.41) is 3.53. The summed E-state index contributed by atoms with van der Waals surface area (Å²) in [5.41, 5.74) is 3.11. The molecule has 2 fully saturated rings. The van der Waals surface area contributed by atoms with E-state index in [-0.39, 0.29) is 6.10 Å². The van der Waals surface area contributed by atoms with Crippen molar-refractivity contribution >= 4 is 5.96 Å². The van der Waals surface area contributed by atoms with Gasteiger partial charge in [0.25, 0.3) is 0 Å². The van der Waals surface area contributed by atoms with E-state index in [1.165, 1.54) is 43.4 Å². The summed E-state index contributed by atoms with van der Waals surface area (Å²) in [7, 11) is 1.89. The Morgan fingerprint density at radius 1 is 1.21 bits per heavy atom. The second kappa shape index (κ2) is 7.56. The summed E-state index contributed by atoms with van der Waals surface area (Å²) in [4.78, 5) is 6.92. The predicted octanol–water partition coefficient (Wildman–Crippen LogP) is 3.56. The van der Waals surface area contributed by atoms with Crippen molar-refractivity contribution in [3.8, 4) is 0 Å². The van der Waals surface area contributed by atoms with Crippen molar-refractivity contribution in [2.75, 3.05) is 20.1 Å². The second-order valence-corrected chi connectivity index (χ2v) is 7.60. The Labute approximate surface area is 146 Å². The number of rotatable bonds is 5. The SMILES string of the molecule is CN=C(NCc1ccc(COC(C)C)cc1)N1CCC2(CCC2)C1. The predicted molar refractivity (Wildman–Crippen MR) is 99.0 cm³/mol. The van der Waals surface area contributed by atoms with Gasteiger partial charge in [-0.05, 0) is 49.7 Å². The fraction of sp³-hybridized carbons (Fsp3) is 0.650. The van der Waals surface area contributed by atoms with Gasteiger partial charge >= 0.3 is 0 Å². The Hall–Kier alpha value is -1.55. The Morgan fingerprint density at radius 3 is 2.46 bits per heavy atom. The van der Waals surface area contributed by atoms with Crippen molar-refractivity contribution in [3.05, 3.63) is 35.4 Å². The molecule has 4 nitrogen and oxygen atoms in total. The van der Waals surface area contributed by atoms with E-state index in [4.69, 9.17) is 4.74 Å². The van der Waals surface area contributed by atoms with E-state index in [9.17, 15) is 0 Å². The molecule has 1 N–H and O–H groups in total. The molecule has 1 spiro atoms. The number of hydrogen-bond donors (Lipinski definition) is 1. The molecule has 1 saturated heterocycles. The molecule has 1 heterocycles. The standard InChI is InChI=1S/C20H31N3O/c1-16(2)24-14-18-7-5-17(6-8-18)13-22-19(21-3)23-12-11-20(15-23)9-4-10-20/h5-8,16H,4,9-15H2,1-3H3,(H,21,22). The number of likely N-dealkylation sites (tertiary alicyclic amines) is 1. The van der Waals surface area contributed by atoms with Crippen LogP contribution in [0.4, 0.5) is 0 Å². The number of aliphatic imine (C=N–C) groups is 1. The van der Waals surface area contributed by atoms with E-state index in [2.05, 4.69) is 53.3 Å². The second-order valence-electron chi connectivity index (χ2n) is 7.60. The quantitative estimate of drug-likeness (QED) is 0.663. The molecule has 1 aliphatic carbocycles. The molecule has 1 saturated carbocycles. The smallest absolute Gasteiger partial charge is 0.193 e. The van der Waals surface area contributed by atoms with Crippen molar-refractivity contribution in [1.29, 1.82) is 0 Å². The minimum Gasteiger partial charge on any atom is -0.374 e. The van der Waals surface area contributed by atoms with Gasteiger partial charge in [0.1, 0.15) is 0 Å². The highest BCUT2D eigenvalue weighted by atomic mass is 16.5. The van der Waals surface area contributed by atoms with Gasteiger partial charge in [-0.3, -0.25) is 4.99 Å². The lowest BCUT2D eigenvalue weighted by Gasteiger charge is -2.38. The van der Waals surface area contributed by atoms with E-state index in [0.29, 0.717) is 12.0 Å². The average molecular weight is 329 g/mol. The molecule has 0 bridgehead atoms. The maximum Gasteiger partial charge on any atom is 0.193 e. The fourth-order valence-corrected chi connectivity index (χ4v) is 3.73. The minimum atomic E-state index is 0.272. The molecule has 2 aliphatic rings. The van der Waals surface area contributed by atoms with Crippen LogP contribution in [0.1, 0.15) is 50.7 Å². The molecule has 1 aliphatic heterocycles. The first-order valence-electron chi connectivity index (χ1n) is 9.25. The zero-order valence-corrected chi connectivity index (χ0v) is 15.3. The highest BCUT2D eigenvalue weighted by Crippen LogP contribution is 2.47. The summed E-state index contributed by atoms with van der Waals surface area (Å²) in [6, 6.07) is 8.66. The van der Waals surface area contributed by atoms with E-state index in [1.54, 1.807) is 0 Å². The van der Waals surface area contributed by atoms with Crippen LogP contribution in [-0.4, -0.2) is 37.1 Å². The number of ether oxygens (including phenoxy) is 1. The van der Waals surface area contributed by atoms with Gasteiger partial charge in [0, 0.05) is 26.7 Å². The third-order valence-electron chi connectivity index (χ3n) is 5.42. The van der Waals surface area contributed by atoms with E-state index in [1.807, 2.05) is 7.05 Å². The first kappa shape index (κ1) is 17.3. The van der Waals surface area contributed by atoms with Crippen LogP contribution < -0.4 is 5.32 Å². The highest BCUT2D eigenvalue weighted by Gasteiger charge is 2.43. The van der Waals surface area contributed by atoms with E-state index < -0.39 is 0 Å². The van der Waals surface area contributed by atoms with Gasteiger partial charge in [0.2, 0.25) is 0 Å². The number of nitrogens with one attached hydrogen (secondary N) is 1. The number of benzene rings is 1. The first-order valence-corrected chi connectivity index (χ1v) is 9.25. The zero-order chi connectivity index (χ0) is 17.0. The molecule has 0 atom stereocenters. The molecule has 24 heavy (non-hydrogen) atoms. The molecular weight excluding hydrogens is 298 g/mol. The number of nitrogens with zero attached hydrogens (tertiary/aromatic N) is 2. The molecule has 4 heteroatoms. The Morgan fingerprint density at radius 2 is 1.92 bits per heavy atom. The molecule has 0 unspecified atom stereocenters. The van der Waals surface area contributed by atoms with Crippen molar-refractivity contribution in [3.63, 3.8) is 0 Å². The van der Waals surface area contributed by atoms with Gasteiger partial charge in [0.05, 0.1) is 12.7 Å². The Kier molecular flexibility index (Phi) is 5.44. The van der Waals surface area contributed by atoms with Crippen molar-refractivity contribution in [1.82, 2.24) is 10.2 Å². The summed E-state index contributed by atoms with van der Waals surface area (Å²) in [5.74, 6) is 1.05. The van der Waals surface area contributed by atoms with Crippen LogP contribution in [0.15, 0.2) is 29.3 Å². The lowest BCUT2D eigenvalue weighted by molar-refractivity contribution is 0.0657. The zero-order valence-electron chi connectivity index (χ0n) is 15.3. The van der Waals surface area contributed by atoms with Crippen LogP contribution >= 0.6 is 0 Å². The minimum absolute atomic E-state index is 0.272. The maximum atomic E-state index is 5.65. The summed E-state index contributed by atoms with van der Waals surface area (Å²) in [6.45, 7) is 7.96. The normalized spacial score (nSPS) is 19.8. The van der Waals surface area contributed by atoms with Crippen molar-refractivity contribution < 1.29 is 4.74 Å². The molecule has 3 rings (SSSR count). The summed E-state index contributed by atoms with van der Waals surface area (Å²) >= 11 is 0.